The molecule has 0 unspecified atom stereocenters. The van der Waals surface area contributed by atoms with Gasteiger partial charge in [0, 0.05) is 31.5 Å². The van der Waals surface area contributed by atoms with E-state index in [-0.39, 0.29) is 11.9 Å². The zero-order valence-electron chi connectivity index (χ0n) is 14.6. The molecule has 2 aromatic rings. The van der Waals surface area contributed by atoms with Crippen LogP contribution in [-0.4, -0.2) is 29.4 Å². The van der Waals surface area contributed by atoms with Crippen molar-refractivity contribution in [3.05, 3.63) is 71.8 Å². The summed E-state index contributed by atoms with van der Waals surface area (Å²) >= 11 is 0. The maximum absolute atomic E-state index is 12.3. The fraction of sp³-hybridized carbons (Fsp3) is 0.409. The molecule has 0 bridgehead atoms. The Bertz CT molecular complexity index is 700. The first-order valence-electron chi connectivity index (χ1n) is 9.43. The summed E-state index contributed by atoms with van der Waals surface area (Å²) in [6.45, 7) is 1.97. The van der Waals surface area contributed by atoms with Crippen molar-refractivity contribution in [3.63, 3.8) is 0 Å². The van der Waals surface area contributed by atoms with E-state index in [1.54, 1.807) is 0 Å². The Kier molecular flexibility index (Phi) is 4.84. The number of hydrogen-bond acceptors (Lipinski definition) is 2. The summed E-state index contributed by atoms with van der Waals surface area (Å²) in [5, 5.41) is 3.36. The molecular formula is C22H26N2O. The molecule has 0 radical (unpaired) electrons. The van der Waals surface area contributed by atoms with Gasteiger partial charge in [-0.1, -0.05) is 67.1 Å². The maximum atomic E-state index is 12.3. The second-order valence-corrected chi connectivity index (χ2v) is 7.34. The standard InChI is InChI=1S/C22H26N2O/c25-21-14-8-7-13-20-22(23-21)19(18-11-5-2-6-12-18)16-24(20)15-17-9-3-1-4-10-17/h1-6,9-12,19-20,22H,7-8,13-16H2,(H,23,25)/t19-,20+,22-/m1/s1. The van der Waals surface area contributed by atoms with Crippen molar-refractivity contribution < 1.29 is 4.79 Å². The van der Waals surface area contributed by atoms with Crippen molar-refractivity contribution in [1.29, 1.82) is 0 Å². The van der Waals surface area contributed by atoms with Gasteiger partial charge in [0.2, 0.25) is 5.91 Å². The van der Waals surface area contributed by atoms with Crippen molar-refractivity contribution in [2.24, 2.45) is 0 Å². The van der Waals surface area contributed by atoms with Crippen molar-refractivity contribution in [2.75, 3.05) is 6.54 Å². The molecule has 3 atom stereocenters. The van der Waals surface area contributed by atoms with Crippen LogP contribution in [0.15, 0.2) is 60.7 Å². The van der Waals surface area contributed by atoms with Gasteiger partial charge in [0.05, 0.1) is 6.04 Å². The van der Waals surface area contributed by atoms with Gasteiger partial charge < -0.3 is 5.32 Å². The van der Waals surface area contributed by atoms with Crippen LogP contribution in [-0.2, 0) is 11.3 Å². The Morgan fingerprint density at radius 2 is 1.68 bits per heavy atom. The predicted molar refractivity (Wildman–Crippen MR) is 100 cm³/mol. The van der Waals surface area contributed by atoms with Crippen molar-refractivity contribution >= 4 is 5.91 Å². The molecule has 2 heterocycles. The van der Waals surface area contributed by atoms with Gasteiger partial charge in [-0.3, -0.25) is 9.69 Å². The highest BCUT2D eigenvalue weighted by molar-refractivity contribution is 5.76. The van der Waals surface area contributed by atoms with Gasteiger partial charge in [0.25, 0.3) is 0 Å². The Balaban J connectivity index is 1.62. The van der Waals surface area contributed by atoms with E-state index in [1.165, 1.54) is 17.5 Å². The van der Waals surface area contributed by atoms with Crippen molar-refractivity contribution in [3.8, 4) is 0 Å². The summed E-state index contributed by atoms with van der Waals surface area (Å²) in [6.07, 6.45) is 3.98. The van der Waals surface area contributed by atoms with E-state index in [2.05, 4.69) is 70.9 Å². The molecule has 2 saturated heterocycles. The molecule has 25 heavy (non-hydrogen) atoms. The first kappa shape index (κ1) is 16.3. The summed E-state index contributed by atoms with van der Waals surface area (Å²) in [5.41, 5.74) is 2.69. The third-order valence-corrected chi connectivity index (χ3v) is 5.69. The minimum absolute atomic E-state index is 0.220. The van der Waals surface area contributed by atoms with Crippen LogP contribution in [0.1, 0.15) is 42.7 Å². The minimum Gasteiger partial charge on any atom is -0.351 e. The number of carbonyl (C=O) groups excluding carboxylic acids is 1. The van der Waals surface area contributed by atoms with E-state index in [9.17, 15) is 4.79 Å². The van der Waals surface area contributed by atoms with Crippen LogP contribution in [0.3, 0.4) is 0 Å². The summed E-state index contributed by atoms with van der Waals surface area (Å²) < 4.78 is 0. The molecule has 3 heteroatoms. The monoisotopic (exact) mass is 334 g/mol. The van der Waals surface area contributed by atoms with E-state index in [1.807, 2.05) is 0 Å². The highest BCUT2D eigenvalue weighted by Crippen LogP contribution is 2.36. The van der Waals surface area contributed by atoms with E-state index < -0.39 is 0 Å². The van der Waals surface area contributed by atoms with Gasteiger partial charge in [0.1, 0.15) is 0 Å². The van der Waals surface area contributed by atoms with E-state index >= 15 is 0 Å². The molecule has 3 nitrogen and oxygen atoms in total. The third-order valence-electron chi connectivity index (χ3n) is 5.69. The zero-order chi connectivity index (χ0) is 17.1. The van der Waals surface area contributed by atoms with Crippen LogP contribution in [0.2, 0.25) is 0 Å². The molecule has 2 aliphatic rings. The Hall–Kier alpha value is -2.13. The molecule has 1 amide bonds. The molecule has 2 aliphatic heterocycles. The number of likely N-dealkylation sites (tertiary alicyclic amines) is 1. The lowest BCUT2D eigenvalue weighted by Gasteiger charge is -2.31. The van der Waals surface area contributed by atoms with Crippen LogP contribution < -0.4 is 5.32 Å². The number of rotatable bonds is 3. The lowest BCUT2D eigenvalue weighted by molar-refractivity contribution is -0.122. The van der Waals surface area contributed by atoms with Crippen LogP contribution in [0.25, 0.3) is 0 Å². The molecule has 0 aliphatic carbocycles. The lowest BCUT2D eigenvalue weighted by Crippen LogP contribution is -2.47. The first-order chi connectivity index (χ1) is 12.3. The van der Waals surface area contributed by atoms with Gasteiger partial charge in [-0.05, 0) is 24.0 Å². The molecule has 0 saturated carbocycles. The van der Waals surface area contributed by atoms with E-state index in [0.29, 0.717) is 18.4 Å². The quantitative estimate of drug-likeness (QED) is 0.928. The average molecular weight is 334 g/mol. The second kappa shape index (κ2) is 7.40. The Morgan fingerprint density at radius 3 is 2.44 bits per heavy atom. The van der Waals surface area contributed by atoms with Crippen molar-refractivity contribution in [2.45, 2.75) is 50.2 Å². The van der Waals surface area contributed by atoms with Crippen LogP contribution in [0.5, 0.6) is 0 Å². The number of nitrogens with zero attached hydrogens (tertiary/aromatic N) is 1. The van der Waals surface area contributed by atoms with Gasteiger partial charge in [0.15, 0.2) is 0 Å². The maximum Gasteiger partial charge on any atom is 0.220 e. The summed E-state index contributed by atoms with van der Waals surface area (Å²) in [6, 6.07) is 22.0. The fourth-order valence-corrected chi connectivity index (χ4v) is 4.47. The average Bonchev–Trinajstić information content (AvgIpc) is 2.95. The van der Waals surface area contributed by atoms with Crippen LogP contribution in [0, 0.1) is 0 Å². The molecule has 1 N–H and O–H groups in total. The number of carbonyl (C=O) groups is 1. The highest BCUT2D eigenvalue weighted by Gasteiger charge is 2.43. The summed E-state index contributed by atoms with van der Waals surface area (Å²) in [5.74, 6) is 0.592. The van der Waals surface area contributed by atoms with E-state index in [0.717, 1.165) is 25.9 Å². The largest absolute Gasteiger partial charge is 0.351 e. The lowest BCUT2D eigenvalue weighted by atomic mass is 9.88. The molecule has 0 spiro atoms. The molecule has 2 aromatic carbocycles. The van der Waals surface area contributed by atoms with Crippen LogP contribution >= 0.6 is 0 Å². The van der Waals surface area contributed by atoms with Gasteiger partial charge in [-0.2, -0.15) is 0 Å². The summed E-state index contributed by atoms with van der Waals surface area (Å²) in [4.78, 5) is 14.9. The molecule has 0 aromatic heterocycles. The SMILES string of the molecule is O=C1CCCC[C@H]2[C@H](N1)[C@@H](c1ccccc1)CN2Cc1ccccc1. The number of benzene rings is 2. The number of nitrogens with one attached hydrogen (secondary N) is 1. The van der Waals surface area contributed by atoms with Crippen molar-refractivity contribution in [1.82, 2.24) is 10.2 Å². The smallest absolute Gasteiger partial charge is 0.220 e. The first-order valence-corrected chi connectivity index (χ1v) is 9.43. The Labute approximate surface area is 150 Å². The third kappa shape index (κ3) is 3.62. The van der Waals surface area contributed by atoms with Gasteiger partial charge in [-0.15, -0.1) is 0 Å². The number of amides is 1. The molecular weight excluding hydrogens is 308 g/mol. The minimum atomic E-state index is 0.220. The number of fused-ring (bicyclic) bond motifs is 1. The molecule has 130 valence electrons. The van der Waals surface area contributed by atoms with E-state index in [4.69, 9.17) is 0 Å². The Morgan fingerprint density at radius 1 is 0.960 bits per heavy atom. The molecule has 4 rings (SSSR count). The topological polar surface area (TPSA) is 32.3 Å². The normalized spacial score (nSPS) is 27.2. The molecule has 2 fully saturated rings. The number of hydrogen-bond donors (Lipinski definition) is 1. The predicted octanol–water partition coefficient (Wildman–Crippen LogP) is 3.71. The second-order valence-electron chi connectivity index (χ2n) is 7.34. The van der Waals surface area contributed by atoms with Crippen LogP contribution in [0.4, 0.5) is 0 Å². The zero-order valence-corrected chi connectivity index (χ0v) is 14.6. The van der Waals surface area contributed by atoms with Gasteiger partial charge >= 0.3 is 0 Å². The summed E-state index contributed by atoms with van der Waals surface area (Å²) in [7, 11) is 0. The fourth-order valence-electron chi connectivity index (χ4n) is 4.47. The van der Waals surface area contributed by atoms with Gasteiger partial charge in [-0.25, -0.2) is 0 Å². The highest BCUT2D eigenvalue weighted by atomic mass is 16.1.